The van der Waals surface area contributed by atoms with Crippen LogP contribution in [0.2, 0.25) is 0 Å². The smallest absolute Gasteiger partial charge is 0.0811 e. The van der Waals surface area contributed by atoms with Crippen molar-refractivity contribution in [1.82, 2.24) is 0 Å². The fraction of sp³-hybridized carbons (Fsp3) is 0.778. The summed E-state index contributed by atoms with van der Waals surface area (Å²) in [4.78, 5) is 0. The maximum Gasteiger partial charge on any atom is 0.0811 e. The van der Waals surface area contributed by atoms with Gasteiger partial charge in [-0.3, -0.25) is 0 Å². The van der Waals surface area contributed by atoms with Gasteiger partial charge >= 0.3 is 0 Å². The number of fused-ring (bicyclic) bond motifs is 1. The molecule has 0 spiro atoms. The first-order valence-electron chi connectivity index (χ1n) is 12.2. The Balaban J connectivity index is 1.71. The van der Waals surface area contributed by atoms with Crippen molar-refractivity contribution in [3.05, 3.63) is 35.5 Å². The van der Waals surface area contributed by atoms with Gasteiger partial charge in [0, 0.05) is 6.42 Å². The second-order valence-electron chi connectivity index (χ2n) is 11.0. The first-order valence-corrected chi connectivity index (χ1v) is 12.2. The molecule has 2 N–H and O–H groups in total. The molecule has 2 nitrogen and oxygen atoms in total. The lowest BCUT2D eigenvalue weighted by Gasteiger charge is -2.44. The Labute approximate surface area is 179 Å². The summed E-state index contributed by atoms with van der Waals surface area (Å²) in [5.74, 6) is 3.20. The van der Waals surface area contributed by atoms with Crippen LogP contribution in [0.15, 0.2) is 35.5 Å². The molecular weight excluding hydrogens is 356 g/mol. The highest BCUT2D eigenvalue weighted by Gasteiger charge is 2.50. The Kier molecular flexibility index (Phi) is 7.49. The van der Waals surface area contributed by atoms with Crippen molar-refractivity contribution in [2.24, 2.45) is 29.1 Å². The Morgan fingerprint density at radius 3 is 2.62 bits per heavy atom. The molecular formula is C27H44O2. The third-order valence-electron chi connectivity index (χ3n) is 8.43. The summed E-state index contributed by atoms with van der Waals surface area (Å²) in [7, 11) is 0. The van der Waals surface area contributed by atoms with E-state index in [4.69, 9.17) is 0 Å². The van der Waals surface area contributed by atoms with Gasteiger partial charge in [-0.2, -0.15) is 0 Å². The van der Waals surface area contributed by atoms with Gasteiger partial charge in [0.1, 0.15) is 0 Å². The van der Waals surface area contributed by atoms with Crippen LogP contribution in [0.1, 0.15) is 91.9 Å². The number of aliphatic hydroxyl groups is 2. The first kappa shape index (κ1) is 22.8. The number of aliphatic hydroxyl groups excluding tert-OH is 2. The fourth-order valence-electron chi connectivity index (χ4n) is 6.73. The summed E-state index contributed by atoms with van der Waals surface area (Å²) in [6, 6.07) is 0. The van der Waals surface area contributed by atoms with Crippen LogP contribution < -0.4 is 0 Å². The molecule has 3 fully saturated rings. The van der Waals surface area contributed by atoms with E-state index in [-0.39, 0.29) is 0 Å². The SMILES string of the molecule is C=C1/C(=C/C=C2\CCC[C@]3(C)[C@@H]([C@H](C)CCCC(C)C)CC[C@@H]23)C[C@H](O)C[C@H]1O. The highest BCUT2D eigenvalue weighted by Crippen LogP contribution is 2.59. The Morgan fingerprint density at radius 1 is 1.14 bits per heavy atom. The van der Waals surface area contributed by atoms with E-state index in [1.54, 1.807) is 5.57 Å². The van der Waals surface area contributed by atoms with Gasteiger partial charge in [-0.05, 0) is 78.8 Å². The van der Waals surface area contributed by atoms with E-state index in [2.05, 4.69) is 46.4 Å². The van der Waals surface area contributed by atoms with Crippen molar-refractivity contribution in [1.29, 1.82) is 0 Å². The molecule has 3 rings (SSSR count). The van der Waals surface area contributed by atoms with E-state index in [1.165, 1.54) is 51.4 Å². The van der Waals surface area contributed by atoms with Crippen LogP contribution in [0.3, 0.4) is 0 Å². The lowest BCUT2D eigenvalue weighted by atomic mass is 9.60. The Bertz CT molecular complexity index is 643. The molecule has 0 aliphatic heterocycles. The van der Waals surface area contributed by atoms with Gasteiger partial charge in [-0.15, -0.1) is 0 Å². The quantitative estimate of drug-likeness (QED) is 0.528. The molecule has 0 bridgehead atoms. The third kappa shape index (κ3) is 5.07. The van der Waals surface area contributed by atoms with Crippen LogP contribution in [0.25, 0.3) is 0 Å². The summed E-state index contributed by atoms with van der Waals surface area (Å²) in [6.45, 7) is 13.8. The van der Waals surface area contributed by atoms with Crippen LogP contribution >= 0.6 is 0 Å². The number of allylic oxidation sites excluding steroid dienone is 3. The van der Waals surface area contributed by atoms with Crippen LogP contribution in [0.4, 0.5) is 0 Å². The zero-order valence-electron chi connectivity index (χ0n) is 19.3. The minimum atomic E-state index is -0.595. The van der Waals surface area contributed by atoms with Gasteiger partial charge in [-0.1, -0.05) is 71.3 Å². The van der Waals surface area contributed by atoms with Gasteiger partial charge in [0.05, 0.1) is 12.2 Å². The van der Waals surface area contributed by atoms with E-state index >= 15 is 0 Å². The molecule has 0 aromatic heterocycles. The molecule has 6 atom stereocenters. The molecule has 0 heterocycles. The van der Waals surface area contributed by atoms with Crippen molar-refractivity contribution < 1.29 is 10.2 Å². The third-order valence-corrected chi connectivity index (χ3v) is 8.43. The average molecular weight is 401 g/mol. The molecule has 0 aromatic rings. The van der Waals surface area contributed by atoms with Crippen LogP contribution in [0, 0.1) is 29.1 Å². The first-order chi connectivity index (χ1) is 13.7. The fourth-order valence-corrected chi connectivity index (χ4v) is 6.73. The molecule has 164 valence electrons. The highest BCUT2D eigenvalue weighted by atomic mass is 16.3. The maximum absolute atomic E-state index is 10.1. The van der Waals surface area contributed by atoms with Crippen molar-refractivity contribution in [2.45, 2.75) is 104 Å². The van der Waals surface area contributed by atoms with Crippen molar-refractivity contribution >= 4 is 0 Å². The van der Waals surface area contributed by atoms with Crippen molar-refractivity contribution in [3.8, 4) is 0 Å². The lowest BCUT2D eigenvalue weighted by molar-refractivity contribution is 0.0861. The standard InChI is InChI=1S/C27H44O2/c1-18(2)8-6-9-19(3)24-13-14-25-21(10-7-15-27(24,25)5)11-12-22-16-23(28)17-26(29)20(22)4/h11-12,18-19,23-26,28-29H,4,6-10,13-17H2,1-3,5H3/b21-11+,22-12+/t19-,23+,24-,25+,26-,27-/m1/s1. The van der Waals surface area contributed by atoms with Gasteiger partial charge in [0.25, 0.3) is 0 Å². The zero-order valence-corrected chi connectivity index (χ0v) is 19.3. The van der Waals surface area contributed by atoms with Crippen molar-refractivity contribution in [2.75, 3.05) is 0 Å². The Hall–Kier alpha value is -0.860. The Morgan fingerprint density at radius 2 is 1.90 bits per heavy atom. The molecule has 3 aliphatic rings. The van der Waals surface area contributed by atoms with E-state index < -0.39 is 12.2 Å². The predicted octanol–water partition coefficient (Wildman–Crippen LogP) is 6.59. The second kappa shape index (κ2) is 9.52. The van der Waals surface area contributed by atoms with Crippen LogP contribution in [-0.4, -0.2) is 22.4 Å². The van der Waals surface area contributed by atoms with E-state index in [0.717, 1.165) is 28.9 Å². The maximum atomic E-state index is 10.1. The molecule has 0 unspecified atom stereocenters. The number of hydrogen-bond acceptors (Lipinski definition) is 2. The molecule has 0 radical (unpaired) electrons. The average Bonchev–Trinajstić information content (AvgIpc) is 3.00. The predicted molar refractivity (Wildman–Crippen MR) is 123 cm³/mol. The van der Waals surface area contributed by atoms with Crippen LogP contribution in [-0.2, 0) is 0 Å². The summed E-state index contributed by atoms with van der Waals surface area (Å²) < 4.78 is 0. The lowest BCUT2D eigenvalue weighted by Crippen LogP contribution is -2.36. The summed E-state index contributed by atoms with van der Waals surface area (Å²) in [6.07, 6.45) is 15.2. The van der Waals surface area contributed by atoms with Gasteiger partial charge in [-0.25, -0.2) is 0 Å². The summed E-state index contributed by atoms with van der Waals surface area (Å²) in [5.41, 5.74) is 3.88. The van der Waals surface area contributed by atoms with E-state index in [1.807, 2.05) is 0 Å². The molecule has 2 heteroatoms. The number of hydrogen-bond donors (Lipinski definition) is 2. The summed E-state index contributed by atoms with van der Waals surface area (Å²) in [5, 5.41) is 20.2. The topological polar surface area (TPSA) is 40.5 Å². The van der Waals surface area contributed by atoms with Gasteiger partial charge in [0.2, 0.25) is 0 Å². The largest absolute Gasteiger partial charge is 0.393 e. The minimum Gasteiger partial charge on any atom is -0.393 e. The highest BCUT2D eigenvalue weighted by molar-refractivity contribution is 5.38. The second-order valence-corrected chi connectivity index (χ2v) is 11.0. The summed E-state index contributed by atoms with van der Waals surface area (Å²) >= 11 is 0. The van der Waals surface area contributed by atoms with E-state index in [9.17, 15) is 10.2 Å². The molecule has 3 saturated carbocycles. The number of rotatable bonds is 6. The minimum absolute atomic E-state index is 0.420. The van der Waals surface area contributed by atoms with E-state index in [0.29, 0.717) is 24.2 Å². The molecule has 0 aromatic carbocycles. The molecule has 0 saturated heterocycles. The zero-order chi connectivity index (χ0) is 21.2. The van der Waals surface area contributed by atoms with Crippen molar-refractivity contribution in [3.63, 3.8) is 0 Å². The van der Waals surface area contributed by atoms with Gasteiger partial charge < -0.3 is 10.2 Å². The van der Waals surface area contributed by atoms with Gasteiger partial charge in [0.15, 0.2) is 0 Å². The normalized spacial score (nSPS) is 39.3. The molecule has 0 amide bonds. The van der Waals surface area contributed by atoms with Crippen LogP contribution in [0.5, 0.6) is 0 Å². The molecule has 3 aliphatic carbocycles. The molecule has 29 heavy (non-hydrogen) atoms. The monoisotopic (exact) mass is 400 g/mol.